The Bertz CT molecular complexity index is 1350. The zero-order valence-corrected chi connectivity index (χ0v) is 20.1. The number of Topliss-reactive ketones (excluding diaryl/α,β-unsaturated/α-hetero) is 1. The molecule has 2 heterocycles. The lowest BCUT2D eigenvalue weighted by Crippen LogP contribution is -2.44. The smallest absolute Gasteiger partial charge is 0.185 e. The highest BCUT2D eigenvalue weighted by atomic mass is 127. The number of carbonyl (C=O) groups excluding carboxylic acids is 1. The summed E-state index contributed by atoms with van der Waals surface area (Å²) in [5, 5.41) is 20.9. The van der Waals surface area contributed by atoms with Crippen LogP contribution in [0.15, 0.2) is 78.9 Å². The van der Waals surface area contributed by atoms with Gasteiger partial charge in [0.15, 0.2) is 11.2 Å². The monoisotopic (exact) mass is 541 g/mol. The van der Waals surface area contributed by atoms with Crippen molar-refractivity contribution in [3.05, 3.63) is 105 Å². The van der Waals surface area contributed by atoms with E-state index in [9.17, 15) is 15.3 Å². The van der Waals surface area contributed by atoms with Crippen LogP contribution >= 0.6 is 22.6 Å². The van der Waals surface area contributed by atoms with Crippen molar-refractivity contribution in [3.63, 3.8) is 0 Å². The third kappa shape index (κ3) is 3.27. The van der Waals surface area contributed by atoms with Crippen LogP contribution in [0.3, 0.4) is 0 Å². The van der Waals surface area contributed by atoms with Crippen LogP contribution in [0.5, 0.6) is 0 Å². The molecule has 2 aliphatic rings. The van der Waals surface area contributed by atoms with E-state index in [1.165, 1.54) is 0 Å². The van der Waals surface area contributed by atoms with Crippen molar-refractivity contribution < 1.29 is 4.79 Å². The van der Waals surface area contributed by atoms with E-state index < -0.39 is 23.4 Å². The molecule has 3 atom stereocenters. The Labute approximate surface area is 206 Å². The van der Waals surface area contributed by atoms with Gasteiger partial charge in [-0.05, 0) is 58.8 Å². The van der Waals surface area contributed by atoms with Crippen molar-refractivity contribution in [1.29, 1.82) is 10.5 Å². The Morgan fingerprint density at radius 2 is 1.73 bits per heavy atom. The highest BCUT2D eigenvalue weighted by Gasteiger charge is 2.63. The normalized spacial score (nSPS) is 22.1. The molecule has 0 aliphatic carbocycles. The number of fused-ring (bicyclic) bond motifs is 3. The SMILES string of the molecule is Cc1ccc(C(=O)[C@H]2[C@H](c3cccc(I)c3)C(C#N)(C#N)[C@H]3C=Cc4ccccc4N23)cc1. The maximum atomic E-state index is 14.1. The summed E-state index contributed by atoms with van der Waals surface area (Å²) >= 11 is 2.23. The molecule has 2 aliphatic heterocycles. The van der Waals surface area contributed by atoms with Gasteiger partial charge in [-0.3, -0.25) is 4.79 Å². The van der Waals surface area contributed by atoms with Crippen molar-refractivity contribution in [3.8, 4) is 12.1 Å². The van der Waals surface area contributed by atoms with Crippen molar-refractivity contribution in [1.82, 2.24) is 0 Å². The summed E-state index contributed by atoms with van der Waals surface area (Å²) in [5.41, 5.74) is 2.91. The predicted molar refractivity (Wildman–Crippen MR) is 137 cm³/mol. The molecule has 0 amide bonds. The molecule has 3 aromatic carbocycles. The minimum atomic E-state index is -1.42. The van der Waals surface area contributed by atoms with Gasteiger partial charge in [0.05, 0.1) is 18.2 Å². The number of carbonyl (C=O) groups is 1. The van der Waals surface area contributed by atoms with E-state index in [4.69, 9.17) is 0 Å². The molecule has 4 nitrogen and oxygen atoms in total. The molecule has 0 N–H and O–H groups in total. The summed E-state index contributed by atoms with van der Waals surface area (Å²) in [4.78, 5) is 16.1. The highest BCUT2D eigenvalue weighted by molar-refractivity contribution is 14.1. The largest absolute Gasteiger partial charge is 0.351 e. The third-order valence-corrected chi connectivity index (χ3v) is 7.40. The van der Waals surface area contributed by atoms with Gasteiger partial charge in [0, 0.05) is 20.7 Å². The first-order chi connectivity index (χ1) is 16.0. The highest BCUT2D eigenvalue weighted by Crippen LogP contribution is 2.55. The van der Waals surface area contributed by atoms with Gasteiger partial charge < -0.3 is 4.90 Å². The van der Waals surface area contributed by atoms with Crippen molar-refractivity contribution in [2.45, 2.75) is 24.9 Å². The summed E-state index contributed by atoms with van der Waals surface area (Å²) in [6, 6.07) is 26.7. The molecule has 33 heavy (non-hydrogen) atoms. The first-order valence-corrected chi connectivity index (χ1v) is 11.8. The van der Waals surface area contributed by atoms with Crippen LogP contribution in [0.2, 0.25) is 0 Å². The van der Waals surface area contributed by atoms with Crippen LogP contribution in [0, 0.1) is 38.6 Å². The minimum absolute atomic E-state index is 0.0821. The van der Waals surface area contributed by atoms with E-state index in [2.05, 4.69) is 34.7 Å². The third-order valence-electron chi connectivity index (χ3n) is 6.73. The first-order valence-electron chi connectivity index (χ1n) is 10.7. The number of para-hydroxylation sites is 1. The molecule has 1 fully saturated rings. The number of nitrogens with zero attached hydrogens (tertiary/aromatic N) is 3. The average molecular weight is 541 g/mol. The van der Waals surface area contributed by atoms with E-state index in [1.807, 2.05) is 96.8 Å². The molecule has 0 bridgehead atoms. The zero-order valence-electron chi connectivity index (χ0n) is 17.9. The van der Waals surface area contributed by atoms with Crippen LogP contribution in [0.25, 0.3) is 6.08 Å². The van der Waals surface area contributed by atoms with Crippen LogP contribution in [-0.4, -0.2) is 17.9 Å². The van der Waals surface area contributed by atoms with Gasteiger partial charge >= 0.3 is 0 Å². The molecule has 0 saturated carbocycles. The fourth-order valence-electron chi connectivity index (χ4n) is 5.20. The Morgan fingerprint density at radius 3 is 2.42 bits per heavy atom. The second-order valence-corrected chi connectivity index (χ2v) is 9.82. The summed E-state index contributed by atoms with van der Waals surface area (Å²) in [7, 11) is 0. The van der Waals surface area contributed by atoms with Gasteiger partial charge in [-0.1, -0.05) is 72.3 Å². The quantitative estimate of drug-likeness (QED) is 0.307. The van der Waals surface area contributed by atoms with E-state index in [1.54, 1.807) is 0 Å². The topological polar surface area (TPSA) is 67.9 Å². The van der Waals surface area contributed by atoms with Gasteiger partial charge in [0.25, 0.3) is 0 Å². The molecule has 0 unspecified atom stereocenters. The van der Waals surface area contributed by atoms with Crippen LogP contribution in [0.1, 0.15) is 33.0 Å². The molecule has 5 heteroatoms. The lowest BCUT2D eigenvalue weighted by molar-refractivity contribution is 0.0951. The summed E-state index contributed by atoms with van der Waals surface area (Å²) < 4.78 is 0.997. The summed E-state index contributed by atoms with van der Waals surface area (Å²) in [5.74, 6) is -0.696. The lowest BCUT2D eigenvalue weighted by Gasteiger charge is -2.35. The number of aryl methyl sites for hydroxylation is 1. The summed E-state index contributed by atoms with van der Waals surface area (Å²) in [6.07, 6.45) is 3.88. The van der Waals surface area contributed by atoms with Crippen LogP contribution in [0.4, 0.5) is 5.69 Å². The first kappa shape index (κ1) is 21.4. The standard InChI is InChI=1S/C28H20IN3O/c1-18-9-11-20(12-10-18)27(33)26-25(21-6-4-7-22(29)15-21)28(16-30,17-31)24-14-13-19-5-2-3-8-23(19)32(24)26/h2-15,24-26H,1H3/t24-,25+,26-/m1/s1. The number of nitriles is 2. The van der Waals surface area contributed by atoms with Crippen molar-refractivity contribution in [2.75, 3.05) is 4.90 Å². The van der Waals surface area contributed by atoms with Gasteiger partial charge in [0.2, 0.25) is 0 Å². The van der Waals surface area contributed by atoms with Gasteiger partial charge in [-0.25, -0.2) is 0 Å². The van der Waals surface area contributed by atoms with Crippen molar-refractivity contribution in [2.24, 2.45) is 5.41 Å². The fourth-order valence-corrected chi connectivity index (χ4v) is 5.76. The number of rotatable bonds is 3. The fraction of sp³-hybridized carbons (Fsp3) is 0.179. The molecule has 5 rings (SSSR count). The van der Waals surface area contributed by atoms with E-state index in [0.717, 1.165) is 25.9 Å². The predicted octanol–water partition coefficient (Wildman–Crippen LogP) is 5.88. The van der Waals surface area contributed by atoms with Crippen LogP contribution < -0.4 is 4.90 Å². The number of ketones is 1. The number of halogens is 1. The molecule has 0 aromatic heterocycles. The Balaban J connectivity index is 1.79. The molecule has 0 radical (unpaired) electrons. The molecular weight excluding hydrogens is 521 g/mol. The van der Waals surface area contributed by atoms with Crippen molar-refractivity contribution >= 4 is 40.1 Å². The number of benzene rings is 3. The van der Waals surface area contributed by atoms with E-state index in [0.29, 0.717) is 5.56 Å². The molecule has 3 aromatic rings. The van der Waals surface area contributed by atoms with Gasteiger partial charge in [-0.15, -0.1) is 0 Å². The summed E-state index contributed by atoms with van der Waals surface area (Å²) in [6.45, 7) is 1.98. The zero-order chi connectivity index (χ0) is 23.2. The Kier molecular flexibility index (Phi) is 5.31. The van der Waals surface area contributed by atoms with E-state index >= 15 is 0 Å². The maximum Gasteiger partial charge on any atom is 0.185 e. The number of hydrogen-bond acceptors (Lipinski definition) is 4. The second kappa shape index (κ2) is 8.17. The molecule has 160 valence electrons. The number of anilines is 1. The molecular formula is C28H20IN3O. The van der Waals surface area contributed by atoms with Crippen LogP contribution in [-0.2, 0) is 0 Å². The number of hydrogen-bond donors (Lipinski definition) is 0. The van der Waals surface area contributed by atoms with E-state index in [-0.39, 0.29) is 5.78 Å². The Hall–Kier alpha value is -3.42. The second-order valence-electron chi connectivity index (χ2n) is 8.57. The Morgan fingerprint density at radius 1 is 1.00 bits per heavy atom. The lowest BCUT2D eigenvalue weighted by atomic mass is 9.69. The average Bonchev–Trinajstić information content (AvgIpc) is 3.15. The van der Waals surface area contributed by atoms with Gasteiger partial charge in [-0.2, -0.15) is 10.5 Å². The van der Waals surface area contributed by atoms with Gasteiger partial charge in [0.1, 0.15) is 6.04 Å². The molecule has 1 saturated heterocycles. The minimum Gasteiger partial charge on any atom is -0.351 e. The maximum absolute atomic E-state index is 14.1. The molecule has 0 spiro atoms.